The number of esters is 1. The van der Waals surface area contributed by atoms with Gasteiger partial charge in [0.15, 0.2) is 0 Å². The molecule has 2 aromatic rings. The molecule has 0 atom stereocenters. The quantitative estimate of drug-likeness (QED) is 0.381. The van der Waals surface area contributed by atoms with E-state index >= 15 is 0 Å². The molecule has 2 rings (SSSR count). The number of hydrogen-bond donors (Lipinski definition) is 4. The fourth-order valence-electron chi connectivity index (χ4n) is 1.68. The molecule has 0 aromatic heterocycles. The Morgan fingerprint density at radius 2 is 1.52 bits per heavy atom. The monoisotopic (exact) mass is 288 g/mol. The highest BCUT2D eigenvalue weighted by Gasteiger charge is 2.18. The molecule has 0 bridgehead atoms. The summed E-state index contributed by atoms with van der Waals surface area (Å²) in [5, 5.41) is 18.7. The number of aromatic carboxylic acids is 1. The van der Waals surface area contributed by atoms with Crippen LogP contribution >= 0.6 is 0 Å². The zero-order valence-corrected chi connectivity index (χ0v) is 10.7. The van der Waals surface area contributed by atoms with Crippen LogP contribution in [0.3, 0.4) is 0 Å². The number of ether oxygens (including phenoxy) is 1. The Kier molecular flexibility index (Phi) is 3.66. The Labute approximate surface area is 119 Å². The molecule has 21 heavy (non-hydrogen) atoms. The molecule has 6 N–H and O–H groups in total. The fraction of sp³-hybridized carbons (Fsp3) is 0. The molecule has 0 fully saturated rings. The minimum absolute atomic E-state index is 0.136. The highest BCUT2D eigenvalue weighted by molar-refractivity contribution is 5.97. The molecule has 0 aliphatic carbocycles. The van der Waals surface area contributed by atoms with Gasteiger partial charge in [0.05, 0.1) is 0 Å². The summed E-state index contributed by atoms with van der Waals surface area (Å²) in [5.74, 6) is -2.75. The molecular weight excluding hydrogens is 276 g/mol. The van der Waals surface area contributed by atoms with Gasteiger partial charge in [-0.05, 0) is 24.3 Å². The molecule has 0 aliphatic rings. The number of aromatic hydroxyl groups is 1. The second-order valence-electron chi connectivity index (χ2n) is 4.23. The summed E-state index contributed by atoms with van der Waals surface area (Å²) in [6.07, 6.45) is 0. The molecule has 7 nitrogen and oxygen atoms in total. The maximum absolute atomic E-state index is 12.0. The first-order chi connectivity index (χ1) is 9.88. The zero-order valence-electron chi connectivity index (χ0n) is 10.7. The predicted molar refractivity (Wildman–Crippen MR) is 75.3 cm³/mol. The summed E-state index contributed by atoms with van der Waals surface area (Å²) < 4.78 is 4.99. The lowest BCUT2D eigenvalue weighted by molar-refractivity contribution is 0.0681. The molecule has 0 spiro atoms. The highest BCUT2D eigenvalue weighted by Crippen LogP contribution is 2.26. The average molecular weight is 288 g/mol. The third-order valence-electron chi connectivity index (χ3n) is 2.68. The third kappa shape index (κ3) is 3.03. The minimum atomic E-state index is -1.26. The molecule has 2 aromatic carbocycles. The summed E-state index contributed by atoms with van der Waals surface area (Å²) >= 11 is 0. The maximum atomic E-state index is 12.0. The van der Waals surface area contributed by atoms with Gasteiger partial charge >= 0.3 is 11.9 Å². The number of phenols is 1. The van der Waals surface area contributed by atoms with Gasteiger partial charge < -0.3 is 26.4 Å². The molecular formula is C14H12N2O5. The van der Waals surface area contributed by atoms with Crippen LogP contribution in [0.5, 0.6) is 11.5 Å². The number of phenolic OH excluding ortho intramolecular Hbond substituents is 1. The van der Waals surface area contributed by atoms with Crippen LogP contribution in [0.2, 0.25) is 0 Å². The summed E-state index contributed by atoms with van der Waals surface area (Å²) in [6, 6.07) is 7.70. The van der Waals surface area contributed by atoms with Crippen molar-refractivity contribution < 1.29 is 24.5 Å². The number of nitrogen functional groups attached to an aromatic ring is 2. The van der Waals surface area contributed by atoms with Crippen molar-refractivity contribution in [3.63, 3.8) is 0 Å². The van der Waals surface area contributed by atoms with Crippen LogP contribution < -0.4 is 16.2 Å². The maximum Gasteiger partial charge on any atom is 0.347 e. The number of rotatable bonds is 3. The molecule has 0 aliphatic heterocycles. The standard InChI is InChI=1S/C14H12N2O5/c15-7-1-3-9(11(17)5-7)14(20)21-12-6-8(16)2-4-10(12)13(18)19/h1-6,17H,15-16H2,(H,18,19). The Balaban J connectivity index is 2.35. The van der Waals surface area contributed by atoms with Crippen LogP contribution in [0.4, 0.5) is 11.4 Å². The summed E-state index contributed by atoms with van der Waals surface area (Å²) in [4.78, 5) is 23.0. The summed E-state index contributed by atoms with van der Waals surface area (Å²) in [5.41, 5.74) is 11.2. The second kappa shape index (κ2) is 5.41. The van der Waals surface area contributed by atoms with E-state index < -0.39 is 11.9 Å². The van der Waals surface area contributed by atoms with E-state index in [0.29, 0.717) is 0 Å². The molecule has 0 heterocycles. The lowest BCUT2D eigenvalue weighted by Crippen LogP contribution is -2.12. The van der Waals surface area contributed by atoms with E-state index in [2.05, 4.69) is 0 Å². The predicted octanol–water partition coefficient (Wildman–Crippen LogP) is 1.47. The molecule has 0 saturated carbocycles. The van der Waals surface area contributed by atoms with Crippen molar-refractivity contribution in [2.75, 3.05) is 11.5 Å². The number of benzene rings is 2. The first kappa shape index (κ1) is 14.2. The minimum Gasteiger partial charge on any atom is -0.507 e. The van der Waals surface area contributed by atoms with Crippen molar-refractivity contribution in [3.8, 4) is 11.5 Å². The van der Waals surface area contributed by atoms with Crippen molar-refractivity contribution in [1.82, 2.24) is 0 Å². The van der Waals surface area contributed by atoms with Crippen LogP contribution in [0.1, 0.15) is 20.7 Å². The smallest absolute Gasteiger partial charge is 0.347 e. The molecule has 7 heteroatoms. The molecule has 0 radical (unpaired) electrons. The Bertz CT molecular complexity index is 727. The summed E-state index contributed by atoms with van der Waals surface area (Å²) in [7, 11) is 0. The number of anilines is 2. The van der Waals surface area contributed by atoms with E-state index in [-0.39, 0.29) is 34.0 Å². The van der Waals surface area contributed by atoms with E-state index in [1.807, 2.05) is 0 Å². The Hall–Kier alpha value is -3.22. The van der Waals surface area contributed by atoms with Gasteiger partial charge in [0.25, 0.3) is 0 Å². The van der Waals surface area contributed by atoms with Crippen molar-refractivity contribution in [2.45, 2.75) is 0 Å². The Morgan fingerprint density at radius 1 is 0.952 bits per heavy atom. The molecule has 0 saturated heterocycles. The number of nitrogens with two attached hydrogens (primary N) is 2. The third-order valence-corrected chi connectivity index (χ3v) is 2.68. The largest absolute Gasteiger partial charge is 0.507 e. The van der Waals surface area contributed by atoms with E-state index in [4.69, 9.17) is 21.3 Å². The van der Waals surface area contributed by atoms with E-state index in [9.17, 15) is 14.7 Å². The van der Waals surface area contributed by atoms with Crippen molar-refractivity contribution >= 4 is 23.3 Å². The SMILES string of the molecule is Nc1ccc(C(=O)Oc2cc(N)ccc2C(=O)O)c(O)c1. The van der Waals surface area contributed by atoms with Crippen LogP contribution in [-0.4, -0.2) is 22.2 Å². The van der Waals surface area contributed by atoms with Gasteiger partial charge in [-0.1, -0.05) is 0 Å². The van der Waals surface area contributed by atoms with Crippen molar-refractivity contribution in [2.24, 2.45) is 0 Å². The van der Waals surface area contributed by atoms with Gasteiger partial charge in [0, 0.05) is 23.5 Å². The lowest BCUT2D eigenvalue weighted by Gasteiger charge is -2.09. The van der Waals surface area contributed by atoms with Gasteiger partial charge in [-0.3, -0.25) is 0 Å². The van der Waals surface area contributed by atoms with Crippen LogP contribution in [-0.2, 0) is 0 Å². The molecule has 0 amide bonds. The van der Waals surface area contributed by atoms with Crippen molar-refractivity contribution in [1.29, 1.82) is 0 Å². The number of carbonyl (C=O) groups excluding carboxylic acids is 1. The lowest BCUT2D eigenvalue weighted by atomic mass is 10.1. The van der Waals surface area contributed by atoms with Crippen LogP contribution in [0.15, 0.2) is 36.4 Å². The van der Waals surface area contributed by atoms with Gasteiger partial charge in [0.1, 0.15) is 22.6 Å². The van der Waals surface area contributed by atoms with Crippen LogP contribution in [0, 0.1) is 0 Å². The number of carbonyl (C=O) groups is 2. The first-order valence-corrected chi connectivity index (χ1v) is 5.82. The number of carboxylic acid groups (broad SMARTS) is 1. The molecule has 0 unspecified atom stereocenters. The second-order valence-corrected chi connectivity index (χ2v) is 4.23. The topological polar surface area (TPSA) is 136 Å². The van der Waals surface area contributed by atoms with E-state index in [1.165, 1.54) is 36.4 Å². The van der Waals surface area contributed by atoms with Gasteiger partial charge in [0.2, 0.25) is 0 Å². The first-order valence-electron chi connectivity index (χ1n) is 5.82. The Morgan fingerprint density at radius 3 is 2.10 bits per heavy atom. The number of hydrogen-bond acceptors (Lipinski definition) is 6. The fourth-order valence-corrected chi connectivity index (χ4v) is 1.68. The average Bonchev–Trinajstić information content (AvgIpc) is 2.37. The van der Waals surface area contributed by atoms with E-state index in [0.717, 1.165) is 0 Å². The van der Waals surface area contributed by atoms with Gasteiger partial charge in [-0.25, -0.2) is 9.59 Å². The van der Waals surface area contributed by atoms with Gasteiger partial charge in [-0.15, -0.1) is 0 Å². The van der Waals surface area contributed by atoms with Gasteiger partial charge in [-0.2, -0.15) is 0 Å². The zero-order chi connectivity index (χ0) is 15.6. The van der Waals surface area contributed by atoms with E-state index in [1.54, 1.807) is 0 Å². The van der Waals surface area contributed by atoms with Crippen molar-refractivity contribution in [3.05, 3.63) is 47.5 Å². The number of carboxylic acids is 1. The molecule has 108 valence electrons. The normalized spacial score (nSPS) is 10.1. The van der Waals surface area contributed by atoms with Crippen LogP contribution in [0.25, 0.3) is 0 Å². The highest BCUT2D eigenvalue weighted by atomic mass is 16.5. The summed E-state index contributed by atoms with van der Waals surface area (Å²) in [6.45, 7) is 0.